The summed E-state index contributed by atoms with van der Waals surface area (Å²) in [6.45, 7) is 25.9. The first kappa shape index (κ1) is 37.6. The summed E-state index contributed by atoms with van der Waals surface area (Å²) < 4.78 is 43.5. The minimum absolute atomic E-state index is 0. The molecule has 0 saturated carbocycles. The monoisotopic (exact) mass is 622 g/mol. The molecule has 3 atom stereocenters. The fourth-order valence-corrected chi connectivity index (χ4v) is 26.9. The van der Waals surface area contributed by atoms with Gasteiger partial charge in [-0.1, -0.05) is 47.0 Å². The first-order valence-electron chi connectivity index (χ1n) is 12.8. The van der Waals surface area contributed by atoms with Crippen LogP contribution in [0.25, 0.3) is 0 Å². The average Bonchev–Trinajstić information content (AvgIpc) is 2.62. The van der Waals surface area contributed by atoms with Crippen LogP contribution < -0.4 is 0 Å². The van der Waals surface area contributed by atoms with Crippen molar-refractivity contribution >= 4 is 72.3 Å². The molecule has 1 fully saturated rings. The van der Waals surface area contributed by atoms with Gasteiger partial charge in [0.1, 0.15) is 0 Å². The fraction of sp³-hybridized carbons (Fsp3) is 1.00. The van der Waals surface area contributed by atoms with E-state index in [2.05, 4.69) is 65.5 Å². The Morgan fingerprint density at radius 1 is 0.794 bits per heavy atom. The van der Waals surface area contributed by atoms with E-state index < -0.39 is 72.3 Å². The van der Waals surface area contributed by atoms with Crippen LogP contribution in [-0.2, 0) is 28.8 Å². The Bertz CT molecular complexity index is 494. The van der Waals surface area contributed by atoms with Crippen molar-refractivity contribution in [2.45, 2.75) is 125 Å². The Morgan fingerprint density at radius 3 is 1.76 bits per heavy atom. The van der Waals surface area contributed by atoms with Crippen molar-refractivity contribution in [3.05, 3.63) is 0 Å². The first-order chi connectivity index (χ1) is 15.2. The largest absolute Gasteiger partial charge is 0.441 e. The third-order valence-electron chi connectivity index (χ3n) is 4.65. The van der Waals surface area contributed by atoms with E-state index in [1.165, 1.54) is 19.3 Å². The number of unbranched alkanes of at least 4 members (excludes halogenated alkanes) is 3. The average molecular weight is 623 g/mol. The van der Waals surface area contributed by atoms with Crippen molar-refractivity contribution in [3.8, 4) is 0 Å². The molecule has 15 heteroatoms. The van der Waals surface area contributed by atoms with Crippen molar-refractivity contribution in [1.82, 2.24) is 0 Å². The Hall–Kier alpha value is 1.46. The van der Waals surface area contributed by atoms with Gasteiger partial charge >= 0.3 is 17.8 Å². The molecule has 1 rings (SSSR count). The van der Waals surface area contributed by atoms with E-state index in [1.807, 2.05) is 13.8 Å². The van der Waals surface area contributed by atoms with Crippen LogP contribution in [0, 0.1) is 0 Å². The van der Waals surface area contributed by atoms with Gasteiger partial charge in [-0.2, -0.15) is 0 Å². The molecule has 34 heavy (non-hydrogen) atoms. The quantitative estimate of drug-likeness (QED) is 0.215. The van der Waals surface area contributed by atoms with Gasteiger partial charge in [0.15, 0.2) is 16.6 Å². The second kappa shape index (κ2) is 18.7. The summed E-state index contributed by atoms with van der Waals surface area (Å²) in [6.07, 6.45) is 4.73. The molecule has 3 unspecified atom stereocenters. The van der Waals surface area contributed by atoms with Crippen molar-refractivity contribution in [3.63, 3.8) is 0 Å². The van der Waals surface area contributed by atoms with Crippen LogP contribution in [0.15, 0.2) is 0 Å². The highest BCUT2D eigenvalue weighted by atomic mass is 28.5. The number of rotatable bonds is 13. The molecule has 0 aromatic rings. The summed E-state index contributed by atoms with van der Waals surface area (Å²) in [6, 6.07) is 2.12. The summed E-state index contributed by atoms with van der Waals surface area (Å²) in [4.78, 5) is 0. The van der Waals surface area contributed by atoms with Gasteiger partial charge in [-0.15, -0.1) is 0 Å². The highest BCUT2D eigenvalue weighted by Gasteiger charge is 2.38. The van der Waals surface area contributed by atoms with Gasteiger partial charge in [-0.05, 0) is 77.6 Å². The zero-order chi connectivity index (χ0) is 25.7. The van der Waals surface area contributed by atoms with E-state index in [0.717, 1.165) is 18.5 Å². The van der Waals surface area contributed by atoms with E-state index in [-0.39, 0.29) is 7.43 Å². The lowest BCUT2D eigenvalue weighted by atomic mass is 10.2. The predicted molar refractivity (Wildman–Crippen MR) is 167 cm³/mol. The van der Waals surface area contributed by atoms with Gasteiger partial charge in [0.05, 0.1) is 0 Å². The van der Waals surface area contributed by atoms with Crippen molar-refractivity contribution in [1.29, 1.82) is 0 Å². The molecule has 0 aromatic heterocycles. The lowest BCUT2D eigenvalue weighted by Gasteiger charge is -2.37. The van der Waals surface area contributed by atoms with Crippen LogP contribution in [0.4, 0.5) is 0 Å². The minimum Gasteiger partial charge on any atom is -0.441 e. The van der Waals surface area contributed by atoms with Crippen LogP contribution in [0.3, 0.4) is 0 Å². The molecule has 0 aliphatic carbocycles. The van der Waals surface area contributed by atoms with Crippen LogP contribution >= 0.6 is 0 Å². The van der Waals surface area contributed by atoms with Crippen LogP contribution in [0.5, 0.6) is 0 Å². The topological polar surface area (TPSA) is 64.6 Å². The maximum Gasteiger partial charge on any atom is 0.316 e. The Morgan fingerprint density at radius 2 is 1.29 bits per heavy atom. The molecular weight excluding hydrogens is 565 g/mol. The molecule has 0 N–H and O–H groups in total. The van der Waals surface area contributed by atoms with Gasteiger partial charge in [0.2, 0.25) is 0 Å². The van der Waals surface area contributed by atoms with E-state index >= 15 is 0 Å². The van der Waals surface area contributed by atoms with Crippen LogP contribution in [-0.4, -0.2) is 72.3 Å². The lowest BCUT2D eigenvalue weighted by molar-refractivity contribution is 0.273. The maximum atomic E-state index is 6.41. The first-order valence-corrected chi connectivity index (χ1v) is 31.3. The molecule has 0 amide bonds. The summed E-state index contributed by atoms with van der Waals surface area (Å²) >= 11 is 0. The predicted octanol–water partition coefficient (Wildman–Crippen LogP) is 4.85. The second-order valence-electron chi connectivity index (χ2n) is 10.5. The van der Waals surface area contributed by atoms with Crippen LogP contribution in [0.1, 0.15) is 47.0 Å². The standard InChI is InChI=1S/C16H48O7Si8.C2H6.CH4/c1-25-19-26(2)21-31(10,22-27(3)20-25)16-14-12-11-13-15-28(23-30(7,8)9)17-24-18-29(4,5)6;1-2;/h25-28H,11-16,24H2,1-10H3;1-2H3;1H4. The van der Waals surface area contributed by atoms with E-state index in [4.69, 9.17) is 28.8 Å². The summed E-state index contributed by atoms with van der Waals surface area (Å²) in [7, 11) is -12.6. The maximum absolute atomic E-state index is 6.41. The molecule has 1 aliphatic heterocycles. The normalized spacial score (nSPS) is 27.4. The third kappa shape index (κ3) is 20.5. The van der Waals surface area contributed by atoms with Gasteiger partial charge in [0, 0.05) is 0 Å². The zero-order valence-corrected chi connectivity index (χ0v) is 32.6. The summed E-state index contributed by atoms with van der Waals surface area (Å²) in [5, 5.41) is 0. The van der Waals surface area contributed by atoms with Gasteiger partial charge in [-0.25, -0.2) is 0 Å². The molecular formula is C19H58O7Si8. The molecule has 7 nitrogen and oxygen atoms in total. The molecule has 1 saturated heterocycles. The summed E-state index contributed by atoms with van der Waals surface area (Å²) in [5.41, 5.74) is 0. The van der Waals surface area contributed by atoms with Gasteiger partial charge < -0.3 is 28.8 Å². The second-order valence-corrected chi connectivity index (χ2v) is 34.3. The molecule has 0 aromatic carbocycles. The van der Waals surface area contributed by atoms with Gasteiger partial charge in [0.25, 0.3) is 37.9 Å². The zero-order valence-electron chi connectivity index (χ0n) is 23.6. The SMILES string of the molecule is C.CC.C[SiH]1O[SiH](C)O[Si](C)(CCCCCC[SiH](O[SiH2]O[Si](C)(C)C)O[Si](C)(C)C)O[SiH](C)O1. The highest BCUT2D eigenvalue weighted by Crippen LogP contribution is 2.23. The van der Waals surface area contributed by atoms with Gasteiger partial charge in [-0.3, -0.25) is 0 Å². The number of hydrogen-bond acceptors (Lipinski definition) is 7. The minimum atomic E-state index is -2.17. The van der Waals surface area contributed by atoms with E-state index in [1.54, 1.807) is 0 Å². The lowest BCUT2D eigenvalue weighted by Crippen LogP contribution is -2.52. The highest BCUT2D eigenvalue weighted by molar-refractivity contribution is 6.81. The fourth-order valence-electron chi connectivity index (χ4n) is 3.44. The Kier molecular flexibility index (Phi) is 20.6. The van der Waals surface area contributed by atoms with Crippen molar-refractivity contribution in [2.75, 3.05) is 0 Å². The number of hydrogen-bond donors (Lipinski definition) is 0. The van der Waals surface area contributed by atoms with Crippen molar-refractivity contribution in [2.24, 2.45) is 0 Å². The van der Waals surface area contributed by atoms with E-state index in [9.17, 15) is 0 Å². The molecule has 1 aliphatic rings. The molecule has 1 heterocycles. The Balaban J connectivity index is 0. The van der Waals surface area contributed by atoms with E-state index in [0.29, 0.717) is 0 Å². The third-order valence-corrected chi connectivity index (χ3v) is 29.4. The Labute approximate surface area is 224 Å². The smallest absolute Gasteiger partial charge is 0.316 e. The van der Waals surface area contributed by atoms with Crippen molar-refractivity contribution < 1.29 is 28.8 Å². The molecule has 208 valence electrons. The van der Waals surface area contributed by atoms with Crippen LogP contribution in [0.2, 0.25) is 77.6 Å². The molecule has 0 radical (unpaired) electrons. The summed E-state index contributed by atoms with van der Waals surface area (Å²) in [5.74, 6) is 0. The molecule has 0 bridgehead atoms. The molecule has 0 spiro atoms.